The number of rotatable bonds is 9. The van der Waals surface area contributed by atoms with Gasteiger partial charge in [0, 0.05) is 50.3 Å². The van der Waals surface area contributed by atoms with Crippen LogP contribution < -0.4 is 5.32 Å². The lowest BCUT2D eigenvalue weighted by atomic mass is 9.95. The normalized spacial score (nSPS) is 15.2. The smallest absolute Gasteiger partial charge is 0.242 e. The SMILES string of the molecule is C[C@@H](C(=O)NC1CCCCC1)N(Cc1c(Cl)cccc1Cl)C(=O)CCSc1ccc(Cl)cc1. The Kier molecular flexibility index (Phi) is 10.2. The van der Waals surface area contributed by atoms with Gasteiger partial charge in [-0.05, 0) is 56.2 Å². The van der Waals surface area contributed by atoms with Gasteiger partial charge in [0.1, 0.15) is 6.04 Å². The van der Waals surface area contributed by atoms with E-state index < -0.39 is 6.04 Å². The van der Waals surface area contributed by atoms with Crippen molar-refractivity contribution in [3.05, 3.63) is 63.1 Å². The second-order valence-electron chi connectivity index (χ2n) is 8.29. The molecule has 3 rings (SSSR count). The molecule has 0 bridgehead atoms. The summed E-state index contributed by atoms with van der Waals surface area (Å²) < 4.78 is 0. The third-order valence-electron chi connectivity index (χ3n) is 5.91. The van der Waals surface area contributed by atoms with Crippen LogP contribution in [-0.4, -0.2) is 34.6 Å². The van der Waals surface area contributed by atoms with Gasteiger partial charge in [0.15, 0.2) is 0 Å². The number of hydrogen-bond donors (Lipinski definition) is 1. The highest BCUT2D eigenvalue weighted by molar-refractivity contribution is 7.99. The lowest BCUT2D eigenvalue weighted by molar-refractivity contribution is -0.140. The maximum absolute atomic E-state index is 13.3. The fourth-order valence-electron chi connectivity index (χ4n) is 3.94. The molecule has 2 aromatic carbocycles. The first kappa shape index (κ1) is 26.2. The van der Waals surface area contributed by atoms with E-state index in [0.29, 0.717) is 26.4 Å². The molecule has 0 aromatic heterocycles. The van der Waals surface area contributed by atoms with Gasteiger partial charge in [0.25, 0.3) is 0 Å². The Bertz CT molecular complexity index is 929. The molecule has 0 heterocycles. The minimum Gasteiger partial charge on any atom is -0.352 e. The van der Waals surface area contributed by atoms with E-state index in [-0.39, 0.29) is 30.8 Å². The number of benzene rings is 2. The van der Waals surface area contributed by atoms with Crippen molar-refractivity contribution in [2.45, 2.75) is 69.0 Å². The Morgan fingerprint density at radius 1 is 1.03 bits per heavy atom. The number of amides is 2. The molecule has 0 radical (unpaired) electrons. The van der Waals surface area contributed by atoms with Gasteiger partial charge in [-0.2, -0.15) is 0 Å². The average molecular weight is 528 g/mol. The Morgan fingerprint density at radius 3 is 2.30 bits per heavy atom. The predicted molar refractivity (Wildman–Crippen MR) is 138 cm³/mol. The molecule has 0 aliphatic heterocycles. The minimum atomic E-state index is -0.632. The summed E-state index contributed by atoms with van der Waals surface area (Å²) in [5.41, 5.74) is 0.650. The van der Waals surface area contributed by atoms with Crippen LogP contribution in [-0.2, 0) is 16.1 Å². The predicted octanol–water partition coefficient (Wildman–Crippen LogP) is 7.00. The molecule has 2 aromatic rings. The van der Waals surface area contributed by atoms with Crippen molar-refractivity contribution in [3.63, 3.8) is 0 Å². The van der Waals surface area contributed by atoms with Crippen LogP contribution in [0, 0.1) is 0 Å². The molecule has 178 valence electrons. The van der Waals surface area contributed by atoms with Crippen LogP contribution in [0.4, 0.5) is 0 Å². The first-order valence-corrected chi connectivity index (χ1v) is 13.4. The zero-order valence-electron chi connectivity index (χ0n) is 18.7. The van der Waals surface area contributed by atoms with E-state index in [1.807, 2.05) is 24.3 Å². The molecule has 1 saturated carbocycles. The summed E-state index contributed by atoms with van der Waals surface area (Å²) in [6, 6.07) is 12.3. The van der Waals surface area contributed by atoms with E-state index in [1.54, 1.807) is 41.8 Å². The zero-order valence-corrected chi connectivity index (χ0v) is 21.7. The zero-order chi connectivity index (χ0) is 23.8. The van der Waals surface area contributed by atoms with Gasteiger partial charge >= 0.3 is 0 Å². The first-order chi connectivity index (χ1) is 15.8. The molecule has 0 unspecified atom stereocenters. The first-order valence-electron chi connectivity index (χ1n) is 11.3. The molecule has 1 N–H and O–H groups in total. The molecule has 8 heteroatoms. The molecule has 1 fully saturated rings. The number of carbonyl (C=O) groups excluding carboxylic acids is 2. The molecule has 1 aliphatic carbocycles. The van der Waals surface area contributed by atoms with Crippen LogP contribution in [0.2, 0.25) is 15.1 Å². The summed E-state index contributed by atoms with van der Waals surface area (Å²) >= 11 is 20.3. The summed E-state index contributed by atoms with van der Waals surface area (Å²) in [5, 5.41) is 4.78. The van der Waals surface area contributed by atoms with Crippen molar-refractivity contribution in [1.29, 1.82) is 0 Å². The van der Waals surface area contributed by atoms with Gasteiger partial charge in [0.2, 0.25) is 11.8 Å². The van der Waals surface area contributed by atoms with Crippen LogP contribution in [0.25, 0.3) is 0 Å². The quantitative estimate of drug-likeness (QED) is 0.357. The van der Waals surface area contributed by atoms with E-state index >= 15 is 0 Å². The molecular formula is C25H29Cl3N2O2S. The highest BCUT2D eigenvalue weighted by Crippen LogP contribution is 2.28. The maximum atomic E-state index is 13.3. The van der Waals surface area contributed by atoms with Crippen LogP contribution >= 0.6 is 46.6 Å². The monoisotopic (exact) mass is 526 g/mol. The van der Waals surface area contributed by atoms with Crippen molar-refractivity contribution >= 4 is 58.4 Å². The Morgan fingerprint density at radius 2 is 1.67 bits per heavy atom. The standard InChI is InChI=1S/C25H29Cl3N2O2S/c1-17(25(32)29-19-6-3-2-4-7-19)30(16-21-22(27)8-5-9-23(21)28)24(31)14-15-33-20-12-10-18(26)11-13-20/h5,8-13,17,19H,2-4,6-7,14-16H2,1H3,(H,29,32)/t17-/m0/s1. The van der Waals surface area contributed by atoms with Crippen molar-refractivity contribution in [1.82, 2.24) is 10.2 Å². The van der Waals surface area contributed by atoms with Crippen LogP contribution in [0.3, 0.4) is 0 Å². The molecule has 1 atom stereocenters. The highest BCUT2D eigenvalue weighted by Gasteiger charge is 2.29. The third kappa shape index (κ3) is 7.81. The molecular weight excluding hydrogens is 499 g/mol. The van der Waals surface area contributed by atoms with E-state index in [4.69, 9.17) is 34.8 Å². The van der Waals surface area contributed by atoms with E-state index in [2.05, 4.69) is 5.32 Å². The summed E-state index contributed by atoms with van der Waals surface area (Å²) in [6.45, 7) is 1.95. The summed E-state index contributed by atoms with van der Waals surface area (Å²) in [4.78, 5) is 29.0. The van der Waals surface area contributed by atoms with Gasteiger partial charge in [-0.15, -0.1) is 11.8 Å². The van der Waals surface area contributed by atoms with E-state index in [0.717, 1.165) is 30.6 Å². The molecule has 2 amide bonds. The van der Waals surface area contributed by atoms with Crippen LogP contribution in [0.5, 0.6) is 0 Å². The fraction of sp³-hybridized carbons (Fsp3) is 0.440. The maximum Gasteiger partial charge on any atom is 0.242 e. The number of nitrogens with zero attached hydrogens (tertiary/aromatic N) is 1. The third-order valence-corrected chi connectivity index (χ3v) is 7.88. The van der Waals surface area contributed by atoms with Gasteiger partial charge in [-0.3, -0.25) is 9.59 Å². The number of thioether (sulfide) groups is 1. The van der Waals surface area contributed by atoms with Gasteiger partial charge < -0.3 is 10.2 Å². The molecule has 1 aliphatic rings. The van der Waals surface area contributed by atoms with Gasteiger partial charge in [-0.25, -0.2) is 0 Å². The van der Waals surface area contributed by atoms with Gasteiger partial charge in [-0.1, -0.05) is 60.1 Å². The Hall–Kier alpha value is -1.40. The van der Waals surface area contributed by atoms with Crippen molar-refractivity contribution < 1.29 is 9.59 Å². The number of halogens is 3. The summed E-state index contributed by atoms with van der Waals surface area (Å²) in [6.07, 6.45) is 5.72. The Labute approximate surface area is 215 Å². The second kappa shape index (κ2) is 12.9. The van der Waals surface area contributed by atoms with Gasteiger partial charge in [0.05, 0.1) is 0 Å². The highest BCUT2D eigenvalue weighted by atomic mass is 35.5. The van der Waals surface area contributed by atoms with E-state index in [9.17, 15) is 9.59 Å². The summed E-state index contributed by atoms with van der Waals surface area (Å²) in [7, 11) is 0. The molecule has 4 nitrogen and oxygen atoms in total. The number of carbonyl (C=O) groups is 2. The van der Waals surface area contributed by atoms with Crippen molar-refractivity contribution in [2.75, 3.05) is 5.75 Å². The molecule has 0 saturated heterocycles. The average Bonchev–Trinajstić information content (AvgIpc) is 2.80. The largest absolute Gasteiger partial charge is 0.352 e. The lowest BCUT2D eigenvalue weighted by Gasteiger charge is -2.31. The van der Waals surface area contributed by atoms with Crippen molar-refractivity contribution in [3.8, 4) is 0 Å². The topological polar surface area (TPSA) is 49.4 Å². The molecule has 0 spiro atoms. The Balaban J connectivity index is 1.69. The van der Waals surface area contributed by atoms with E-state index in [1.165, 1.54) is 6.42 Å². The minimum absolute atomic E-state index is 0.112. The number of nitrogens with one attached hydrogen (secondary N) is 1. The molecule has 33 heavy (non-hydrogen) atoms. The number of hydrogen-bond acceptors (Lipinski definition) is 3. The van der Waals surface area contributed by atoms with Crippen molar-refractivity contribution in [2.24, 2.45) is 0 Å². The fourth-order valence-corrected chi connectivity index (χ4v) is 5.42. The summed E-state index contributed by atoms with van der Waals surface area (Å²) in [5.74, 6) is 0.340. The second-order valence-corrected chi connectivity index (χ2v) is 10.7. The van der Waals surface area contributed by atoms with Crippen LogP contribution in [0.1, 0.15) is 51.0 Å². The lowest BCUT2D eigenvalue weighted by Crippen LogP contribution is -2.50. The van der Waals surface area contributed by atoms with Crippen LogP contribution in [0.15, 0.2) is 47.4 Å².